The van der Waals surface area contributed by atoms with Crippen LogP contribution in [0.25, 0.3) is 6.08 Å². The molecule has 29 heavy (non-hydrogen) atoms. The van der Waals surface area contributed by atoms with E-state index in [4.69, 9.17) is 0 Å². The molecule has 1 amide bonds. The quantitative estimate of drug-likeness (QED) is 0.786. The standard InChI is InChI=1S/C22H28N4O3/c1-16-6-4-5-13-26(16)14-17-7-10-19(11-8-17)23-20(27)12-9-18-15-24(2)22(29)25(3)21(18)28/h7-12,15-16H,4-6,13-14H2,1-3H3,(H,23,27). The molecule has 0 spiro atoms. The highest BCUT2D eigenvalue weighted by molar-refractivity contribution is 6.01. The maximum absolute atomic E-state index is 12.2. The van der Waals surface area contributed by atoms with Gasteiger partial charge in [0, 0.05) is 44.6 Å². The number of hydrogen-bond acceptors (Lipinski definition) is 4. The summed E-state index contributed by atoms with van der Waals surface area (Å²) in [6.45, 7) is 4.33. The van der Waals surface area contributed by atoms with E-state index in [1.807, 2.05) is 24.3 Å². The van der Waals surface area contributed by atoms with E-state index in [0.717, 1.165) is 17.7 Å². The first-order valence-corrected chi connectivity index (χ1v) is 9.94. The lowest BCUT2D eigenvalue weighted by molar-refractivity contribution is -0.111. The molecular formula is C22H28N4O3. The molecule has 0 saturated carbocycles. The molecule has 1 aliphatic rings. The molecule has 3 rings (SSSR count). The fourth-order valence-corrected chi connectivity index (χ4v) is 3.62. The molecule has 2 heterocycles. The van der Waals surface area contributed by atoms with Crippen LogP contribution in [0.5, 0.6) is 0 Å². The van der Waals surface area contributed by atoms with Crippen molar-refractivity contribution >= 4 is 17.7 Å². The Kier molecular flexibility index (Phi) is 6.49. The number of aryl methyl sites for hydroxylation is 1. The lowest BCUT2D eigenvalue weighted by Gasteiger charge is -2.33. The van der Waals surface area contributed by atoms with Crippen LogP contribution in [0.4, 0.5) is 5.69 Å². The van der Waals surface area contributed by atoms with Crippen LogP contribution >= 0.6 is 0 Å². The van der Waals surface area contributed by atoms with Crippen LogP contribution in [-0.4, -0.2) is 32.5 Å². The number of piperidine rings is 1. The predicted octanol–water partition coefficient (Wildman–Crippen LogP) is 2.11. The number of likely N-dealkylation sites (tertiary alicyclic amines) is 1. The van der Waals surface area contributed by atoms with E-state index >= 15 is 0 Å². The average molecular weight is 396 g/mol. The van der Waals surface area contributed by atoms with Gasteiger partial charge in [-0.3, -0.25) is 19.1 Å². The van der Waals surface area contributed by atoms with Crippen molar-refractivity contribution in [2.75, 3.05) is 11.9 Å². The number of amides is 1. The van der Waals surface area contributed by atoms with Crippen molar-refractivity contribution in [2.24, 2.45) is 14.1 Å². The summed E-state index contributed by atoms with van der Waals surface area (Å²) in [5, 5.41) is 2.80. The van der Waals surface area contributed by atoms with Gasteiger partial charge in [-0.1, -0.05) is 18.6 Å². The van der Waals surface area contributed by atoms with Crippen LogP contribution in [0.2, 0.25) is 0 Å². The molecule has 1 fully saturated rings. The van der Waals surface area contributed by atoms with E-state index in [1.54, 1.807) is 7.05 Å². The van der Waals surface area contributed by atoms with E-state index in [9.17, 15) is 14.4 Å². The Morgan fingerprint density at radius 1 is 1.17 bits per heavy atom. The van der Waals surface area contributed by atoms with Gasteiger partial charge in [-0.25, -0.2) is 4.79 Å². The minimum Gasteiger partial charge on any atom is -0.323 e. The molecule has 1 atom stereocenters. The number of carbonyl (C=O) groups is 1. The lowest BCUT2D eigenvalue weighted by Crippen LogP contribution is -2.37. The summed E-state index contributed by atoms with van der Waals surface area (Å²) < 4.78 is 2.32. The Hall–Kier alpha value is -2.93. The highest BCUT2D eigenvalue weighted by Gasteiger charge is 2.17. The maximum Gasteiger partial charge on any atom is 0.330 e. The number of aromatic nitrogens is 2. The molecule has 0 radical (unpaired) electrons. The summed E-state index contributed by atoms with van der Waals surface area (Å²) in [5.41, 5.74) is 1.35. The highest BCUT2D eigenvalue weighted by atomic mass is 16.2. The zero-order valence-corrected chi connectivity index (χ0v) is 17.2. The van der Waals surface area contributed by atoms with Crippen LogP contribution in [0.1, 0.15) is 37.3 Å². The summed E-state index contributed by atoms with van der Waals surface area (Å²) in [7, 11) is 2.97. The van der Waals surface area contributed by atoms with Crippen LogP contribution in [0.15, 0.2) is 46.1 Å². The average Bonchev–Trinajstić information content (AvgIpc) is 2.71. The number of anilines is 1. The van der Waals surface area contributed by atoms with Gasteiger partial charge in [0.2, 0.25) is 5.91 Å². The largest absolute Gasteiger partial charge is 0.330 e. The third kappa shape index (κ3) is 5.12. The third-order valence-electron chi connectivity index (χ3n) is 5.43. The SMILES string of the molecule is CC1CCCCN1Cc1ccc(NC(=O)C=Cc2cn(C)c(=O)n(C)c2=O)cc1. The molecule has 154 valence electrons. The Bertz CT molecular complexity index is 1020. The Morgan fingerprint density at radius 3 is 2.59 bits per heavy atom. The van der Waals surface area contributed by atoms with Crippen molar-refractivity contribution in [1.82, 2.24) is 14.0 Å². The van der Waals surface area contributed by atoms with Gasteiger partial charge < -0.3 is 9.88 Å². The monoisotopic (exact) mass is 396 g/mol. The maximum atomic E-state index is 12.2. The summed E-state index contributed by atoms with van der Waals surface area (Å²) in [6.07, 6.45) is 7.95. The molecule has 1 aromatic heterocycles. The minimum atomic E-state index is -0.437. The van der Waals surface area contributed by atoms with E-state index in [2.05, 4.69) is 17.1 Å². The lowest BCUT2D eigenvalue weighted by atomic mass is 10.0. The normalized spacial score (nSPS) is 17.6. The fraction of sp³-hybridized carbons (Fsp3) is 0.409. The van der Waals surface area contributed by atoms with E-state index < -0.39 is 11.2 Å². The zero-order valence-electron chi connectivity index (χ0n) is 17.2. The Labute approximate surface area is 170 Å². The van der Waals surface area contributed by atoms with Gasteiger partial charge in [-0.2, -0.15) is 0 Å². The summed E-state index contributed by atoms with van der Waals surface area (Å²) >= 11 is 0. The molecule has 1 aromatic carbocycles. The van der Waals surface area contributed by atoms with Crippen molar-refractivity contribution in [3.63, 3.8) is 0 Å². The number of rotatable bonds is 5. The van der Waals surface area contributed by atoms with Gasteiger partial charge in [-0.05, 0) is 50.1 Å². The molecular weight excluding hydrogens is 368 g/mol. The first-order valence-electron chi connectivity index (χ1n) is 9.94. The predicted molar refractivity (Wildman–Crippen MR) is 115 cm³/mol. The summed E-state index contributed by atoms with van der Waals surface area (Å²) in [5.74, 6) is -0.335. The molecule has 0 bridgehead atoms. The number of benzene rings is 1. The zero-order chi connectivity index (χ0) is 21.0. The number of hydrogen-bond donors (Lipinski definition) is 1. The van der Waals surface area contributed by atoms with Gasteiger partial charge in [0.05, 0.1) is 5.56 Å². The second-order valence-corrected chi connectivity index (χ2v) is 7.68. The van der Waals surface area contributed by atoms with E-state index in [-0.39, 0.29) is 11.5 Å². The first kappa shape index (κ1) is 20.8. The van der Waals surface area contributed by atoms with Gasteiger partial charge in [-0.15, -0.1) is 0 Å². The van der Waals surface area contributed by atoms with Crippen molar-refractivity contribution < 1.29 is 4.79 Å². The van der Waals surface area contributed by atoms with E-state index in [0.29, 0.717) is 11.7 Å². The summed E-state index contributed by atoms with van der Waals surface area (Å²) in [6, 6.07) is 8.45. The van der Waals surface area contributed by atoms with Gasteiger partial charge in [0.25, 0.3) is 5.56 Å². The fourth-order valence-electron chi connectivity index (χ4n) is 3.62. The van der Waals surface area contributed by atoms with Gasteiger partial charge in [0.15, 0.2) is 0 Å². The van der Waals surface area contributed by atoms with Crippen LogP contribution in [-0.2, 0) is 25.4 Å². The van der Waals surface area contributed by atoms with Crippen LogP contribution in [0, 0.1) is 0 Å². The van der Waals surface area contributed by atoms with Gasteiger partial charge in [0.1, 0.15) is 0 Å². The third-order valence-corrected chi connectivity index (χ3v) is 5.43. The van der Waals surface area contributed by atoms with Crippen molar-refractivity contribution in [3.05, 3.63) is 68.5 Å². The van der Waals surface area contributed by atoms with Crippen LogP contribution < -0.4 is 16.6 Å². The van der Waals surface area contributed by atoms with Crippen LogP contribution in [0.3, 0.4) is 0 Å². The summed E-state index contributed by atoms with van der Waals surface area (Å²) in [4.78, 5) is 38.5. The Balaban J connectivity index is 1.62. The number of nitrogens with zero attached hydrogens (tertiary/aromatic N) is 3. The van der Waals surface area contributed by atoms with Gasteiger partial charge >= 0.3 is 5.69 Å². The molecule has 1 saturated heterocycles. The Morgan fingerprint density at radius 2 is 1.90 bits per heavy atom. The molecule has 0 aliphatic carbocycles. The molecule has 7 nitrogen and oxygen atoms in total. The van der Waals surface area contributed by atoms with Crippen molar-refractivity contribution in [2.45, 2.75) is 38.8 Å². The second-order valence-electron chi connectivity index (χ2n) is 7.68. The molecule has 1 unspecified atom stereocenters. The van der Waals surface area contributed by atoms with Crippen molar-refractivity contribution in [1.29, 1.82) is 0 Å². The molecule has 2 aromatic rings. The second kappa shape index (κ2) is 9.05. The number of carbonyl (C=O) groups excluding carboxylic acids is 1. The topological polar surface area (TPSA) is 76.3 Å². The highest BCUT2D eigenvalue weighted by Crippen LogP contribution is 2.20. The van der Waals surface area contributed by atoms with E-state index in [1.165, 1.54) is 54.8 Å². The van der Waals surface area contributed by atoms with Crippen molar-refractivity contribution in [3.8, 4) is 0 Å². The molecule has 7 heteroatoms. The number of nitrogens with one attached hydrogen (secondary N) is 1. The smallest absolute Gasteiger partial charge is 0.323 e. The minimum absolute atomic E-state index is 0.274. The molecule has 1 N–H and O–H groups in total. The first-order chi connectivity index (χ1) is 13.8. The molecule has 1 aliphatic heterocycles.